The van der Waals surface area contributed by atoms with Gasteiger partial charge in [0.1, 0.15) is 29.8 Å². The molecule has 4 amide bonds. The zero-order valence-corrected chi connectivity index (χ0v) is 21.6. The zero-order valence-electron chi connectivity index (χ0n) is 21.6. The number of nitrogens with one attached hydrogen (secondary N) is 1. The van der Waals surface area contributed by atoms with Gasteiger partial charge in [0.05, 0.1) is 6.54 Å². The quantitative estimate of drug-likeness (QED) is 0.615. The van der Waals surface area contributed by atoms with E-state index in [1.165, 1.54) is 28.4 Å². The van der Waals surface area contributed by atoms with Gasteiger partial charge in [0.15, 0.2) is 0 Å². The van der Waals surface area contributed by atoms with Gasteiger partial charge in [0, 0.05) is 24.7 Å². The lowest BCUT2D eigenvalue weighted by Gasteiger charge is -2.56. The van der Waals surface area contributed by atoms with Crippen LogP contribution in [0.25, 0.3) is 0 Å². The first-order valence-corrected chi connectivity index (χ1v) is 13.5. The summed E-state index contributed by atoms with van der Waals surface area (Å²) < 4.78 is 13.3. The number of urea groups is 1. The molecule has 2 saturated heterocycles. The number of piperazine rings is 1. The van der Waals surface area contributed by atoms with Crippen LogP contribution < -0.4 is 5.32 Å². The number of carbonyl (C=O) groups excluding carboxylic acids is 3. The van der Waals surface area contributed by atoms with Gasteiger partial charge in [-0.2, -0.15) is 0 Å². The van der Waals surface area contributed by atoms with Crippen molar-refractivity contribution in [2.75, 3.05) is 13.1 Å². The van der Waals surface area contributed by atoms with Gasteiger partial charge in [0.25, 0.3) is 0 Å². The van der Waals surface area contributed by atoms with Crippen LogP contribution in [0.1, 0.15) is 49.1 Å². The first-order valence-electron chi connectivity index (χ1n) is 13.5. The lowest BCUT2D eigenvalue weighted by atomic mass is 9.96. The molecule has 4 aliphatic rings. The van der Waals surface area contributed by atoms with E-state index in [0.717, 1.165) is 36.8 Å². The number of halogens is 1. The third-order valence-corrected chi connectivity index (χ3v) is 8.61. The topological polar surface area (TPSA) is 96.4 Å². The van der Waals surface area contributed by atoms with Gasteiger partial charge in [0.2, 0.25) is 11.8 Å². The second-order valence-corrected chi connectivity index (χ2v) is 10.8. The number of fused-ring (bicyclic) bond motifs is 2. The van der Waals surface area contributed by atoms with Crippen LogP contribution in [0, 0.1) is 5.82 Å². The van der Waals surface area contributed by atoms with Gasteiger partial charge < -0.3 is 20.2 Å². The molecule has 2 aromatic rings. The molecule has 6 rings (SSSR count). The molecule has 0 radical (unpaired) electrons. The number of carbonyl (C=O) groups is 3. The van der Waals surface area contributed by atoms with Crippen LogP contribution in [-0.4, -0.2) is 73.6 Å². The van der Waals surface area contributed by atoms with E-state index in [2.05, 4.69) is 11.9 Å². The molecule has 1 spiro atoms. The van der Waals surface area contributed by atoms with Gasteiger partial charge in [-0.05, 0) is 54.7 Å². The van der Waals surface area contributed by atoms with Crippen molar-refractivity contribution < 1.29 is 23.9 Å². The number of phenolic OH excluding ortho intramolecular Hbond substituents is 1. The van der Waals surface area contributed by atoms with Gasteiger partial charge in [-0.1, -0.05) is 43.7 Å². The van der Waals surface area contributed by atoms with E-state index in [9.17, 15) is 23.9 Å². The fourth-order valence-corrected chi connectivity index (χ4v) is 6.65. The average Bonchev–Trinajstić information content (AvgIpc) is 3.40. The summed E-state index contributed by atoms with van der Waals surface area (Å²) in [7, 11) is 0. The van der Waals surface area contributed by atoms with Crippen LogP contribution in [0.3, 0.4) is 0 Å². The Hall–Kier alpha value is -4.08. The Morgan fingerprint density at radius 3 is 2.46 bits per heavy atom. The molecule has 2 aliphatic carbocycles. The molecule has 0 aromatic heterocycles. The van der Waals surface area contributed by atoms with E-state index in [0.29, 0.717) is 6.42 Å². The zero-order chi connectivity index (χ0) is 27.3. The smallest absolute Gasteiger partial charge is 0.338 e. The average molecular weight is 534 g/mol. The molecular weight excluding hydrogens is 501 g/mol. The number of benzene rings is 2. The summed E-state index contributed by atoms with van der Waals surface area (Å²) >= 11 is 0. The van der Waals surface area contributed by atoms with E-state index >= 15 is 0 Å². The second kappa shape index (κ2) is 9.59. The first kappa shape index (κ1) is 25.2. The van der Waals surface area contributed by atoms with E-state index in [-0.39, 0.29) is 55.0 Å². The number of hydrogen-bond acceptors (Lipinski definition) is 5. The monoisotopic (exact) mass is 533 g/mol. The summed E-state index contributed by atoms with van der Waals surface area (Å²) in [6, 6.07) is 12.3. The molecule has 3 atom stereocenters. The van der Waals surface area contributed by atoms with Crippen LogP contribution >= 0.6 is 0 Å². The lowest BCUT2D eigenvalue weighted by molar-refractivity contribution is -0.189. The highest BCUT2D eigenvalue weighted by atomic mass is 19.1. The molecular formula is C29H32FN5O4. The van der Waals surface area contributed by atoms with Crippen LogP contribution in [-0.2, 0) is 16.1 Å². The number of phenols is 1. The minimum absolute atomic E-state index is 0.0594. The van der Waals surface area contributed by atoms with Crippen molar-refractivity contribution >= 4 is 17.8 Å². The molecule has 39 heavy (non-hydrogen) atoms. The highest BCUT2D eigenvalue weighted by Gasteiger charge is 2.72. The number of hydrogen-bond donors (Lipinski definition) is 2. The first-order chi connectivity index (χ1) is 18.8. The number of amides is 4. The third-order valence-electron chi connectivity index (χ3n) is 8.61. The van der Waals surface area contributed by atoms with E-state index in [1.807, 2.05) is 4.90 Å². The predicted octanol–water partition coefficient (Wildman–Crippen LogP) is 3.28. The van der Waals surface area contributed by atoms with Crippen molar-refractivity contribution in [2.24, 2.45) is 0 Å². The highest BCUT2D eigenvalue weighted by Crippen LogP contribution is 2.60. The standard InChI is InChI=1S/C29H32FN5O4/c1-2-32-18-26(37)34-25(35(32)28(39)31-16-19-7-11-21(30)12-8-19)17-33(22-5-3-4-6-22)27(38)29(34)15-24(29)20-9-13-23(36)14-10-20/h2,7-14,22,24-25,36H,1,3-6,15-18H2,(H,31,39)/t24?,25-,29?/m0/s1. The maximum absolute atomic E-state index is 14.2. The molecule has 10 heteroatoms. The molecule has 2 N–H and O–H groups in total. The Morgan fingerprint density at radius 2 is 1.79 bits per heavy atom. The van der Waals surface area contributed by atoms with Crippen molar-refractivity contribution in [3.8, 4) is 5.75 Å². The van der Waals surface area contributed by atoms with Gasteiger partial charge in [-0.25, -0.2) is 14.2 Å². The number of hydrazine groups is 1. The Labute approximate surface area is 226 Å². The lowest BCUT2D eigenvalue weighted by Crippen LogP contribution is -2.77. The van der Waals surface area contributed by atoms with E-state index < -0.39 is 17.7 Å². The summed E-state index contributed by atoms with van der Waals surface area (Å²) in [5.41, 5.74) is 0.527. The molecule has 2 unspecified atom stereocenters. The van der Waals surface area contributed by atoms with E-state index in [1.54, 1.807) is 41.3 Å². The molecule has 2 saturated carbocycles. The molecule has 2 aliphatic heterocycles. The van der Waals surface area contributed by atoms with Crippen molar-refractivity contribution in [1.82, 2.24) is 25.1 Å². The van der Waals surface area contributed by atoms with Crippen LogP contribution in [0.15, 0.2) is 61.3 Å². The largest absolute Gasteiger partial charge is 0.508 e. The Morgan fingerprint density at radius 1 is 1.10 bits per heavy atom. The third kappa shape index (κ3) is 4.18. The Bertz CT molecular complexity index is 1300. The summed E-state index contributed by atoms with van der Waals surface area (Å²) in [5.74, 6) is -0.752. The normalized spacial score (nSPS) is 26.7. The van der Waals surface area contributed by atoms with Crippen LogP contribution in [0.5, 0.6) is 5.75 Å². The minimum Gasteiger partial charge on any atom is -0.508 e. The number of nitrogens with zero attached hydrogens (tertiary/aromatic N) is 4. The van der Waals surface area contributed by atoms with Crippen LogP contribution in [0.2, 0.25) is 0 Å². The Balaban J connectivity index is 1.35. The van der Waals surface area contributed by atoms with Crippen molar-refractivity contribution in [3.05, 3.63) is 78.3 Å². The fourth-order valence-electron chi connectivity index (χ4n) is 6.65. The molecule has 204 valence electrons. The fraction of sp³-hybridized carbons (Fsp3) is 0.414. The van der Waals surface area contributed by atoms with Crippen molar-refractivity contribution in [2.45, 2.75) is 62.3 Å². The molecule has 0 bridgehead atoms. The maximum Gasteiger partial charge on any atom is 0.338 e. The summed E-state index contributed by atoms with van der Waals surface area (Å²) in [4.78, 5) is 45.1. The molecule has 2 aromatic carbocycles. The summed E-state index contributed by atoms with van der Waals surface area (Å²) in [6.45, 7) is 4.11. The summed E-state index contributed by atoms with van der Waals surface area (Å²) in [6.07, 6.45) is 5.08. The Kier molecular flexibility index (Phi) is 6.20. The van der Waals surface area contributed by atoms with Gasteiger partial charge >= 0.3 is 6.03 Å². The van der Waals surface area contributed by atoms with Gasteiger partial charge in [-0.3, -0.25) is 14.6 Å². The highest BCUT2D eigenvalue weighted by molar-refractivity contribution is 5.99. The maximum atomic E-state index is 14.2. The van der Waals surface area contributed by atoms with E-state index in [4.69, 9.17) is 0 Å². The molecule has 2 heterocycles. The van der Waals surface area contributed by atoms with Crippen LogP contribution in [0.4, 0.5) is 9.18 Å². The number of aromatic hydroxyl groups is 1. The SMILES string of the molecule is C=CN1CC(=O)N2[C@H](CN(C3CCCC3)C(=O)C23CC3c2ccc(O)cc2)N1C(=O)NCc1ccc(F)cc1. The molecule has 9 nitrogen and oxygen atoms in total. The van der Waals surface area contributed by atoms with Gasteiger partial charge in [-0.15, -0.1) is 0 Å². The predicted molar refractivity (Wildman–Crippen MR) is 140 cm³/mol. The minimum atomic E-state index is -1.08. The second-order valence-electron chi connectivity index (χ2n) is 10.8. The van der Waals surface area contributed by atoms with Crippen molar-refractivity contribution in [1.29, 1.82) is 0 Å². The van der Waals surface area contributed by atoms with Crippen molar-refractivity contribution in [3.63, 3.8) is 0 Å². The summed E-state index contributed by atoms with van der Waals surface area (Å²) in [5, 5.41) is 15.7. The number of rotatable bonds is 5. The molecule has 4 fully saturated rings.